The first kappa shape index (κ1) is 18.6. The van der Waals surface area contributed by atoms with Crippen LogP contribution in [0.1, 0.15) is 36.5 Å². The standard InChI is InChI=1S/C21H23N3O3/c1-12(2)15-7-8-17-16(10-15)20(21(26)22-17)24-23-19(25)11-27-18-9-13(3)5-6-14(18)4/h5-10,12,22,26H,11H2,1-4H3. The molecule has 0 unspecified atom stereocenters. The van der Waals surface area contributed by atoms with Crippen molar-refractivity contribution >= 4 is 22.5 Å². The molecule has 0 atom stereocenters. The fourth-order valence-corrected chi connectivity index (χ4v) is 2.78. The van der Waals surface area contributed by atoms with E-state index in [-0.39, 0.29) is 18.2 Å². The number of nitrogens with zero attached hydrogens (tertiary/aromatic N) is 2. The number of hydrogen-bond donors (Lipinski definition) is 2. The number of carbonyl (C=O) groups excluding carboxylic acids is 1. The summed E-state index contributed by atoms with van der Waals surface area (Å²) in [6.45, 7) is 7.83. The number of aryl methyl sites for hydroxylation is 2. The summed E-state index contributed by atoms with van der Waals surface area (Å²) in [4.78, 5) is 14.9. The van der Waals surface area contributed by atoms with Crippen molar-refractivity contribution in [2.45, 2.75) is 33.6 Å². The number of fused-ring (bicyclic) bond motifs is 1. The summed E-state index contributed by atoms with van der Waals surface area (Å²) in [7, 11) is 0. The molecule has 6 nitrogen and oxygen atoms in total. The smallest absolute Gasteiger partial charge is 0.302 e. The van der Waals surface area contributed by atoms with Gasteiger partial charge in [0, 0.05) is 5.39 Å². The topological polar surface area (TPSA) is 87.0 Å². The Balaban J connectivity index is 1.77. The van der Waals surface area contributed by atoms with E-state index >= 15 is 0 Å². The molecule has 2 N–H and O–H groups in total. The van der Waals surface area contributed by atoms with Crippen molar-refractivity contribution in [3.8, 4) is 11.6 Å². The summed E-state index contributed by atoms with van der Waals surface area (Å²) >= 11 is 0. The Morgan fingerprint density at radius 2 is 1.96 bits per heavy atom. The van der Waals surface area contributed by atoms with E-state index in [1.165, 1.54) is 0 Å². The molecule has 1 heterocycles. The highest BCUT2D eigenvalue weighted by Gasteiger charge is 2.13. The number of rotatable bonds is 5. The monoisotopic (exact) mass is 365 g/mol. The molecule has 0 aliphatic rings. The first-order valence-electron chi connectivity index (χ1n) is 8.84. The predicted molar refractivity (Wildman–Crippen MR) is 105 cm³/mol. The Bertz CT molecular complexity index is 1020. The van der Waals surface area contributed by atoms with E-state index in [4.69, 9.17) is 4.74 Å². The molecule has 0 bridgehead atoms. The highest BCUT2D eigenvalue weighted by Crippen LogP contribution is 2.37. The second kappa shape index (κ2) is 7.61. The van der Waals surface area contributed by atoms with E-state index in [9.17, 15) is 9.90 Å². The molecule has 3 rings (SSSR count). The lowest BCUT2D eigenvalue weighted by molar-refractivity contribution is -0.120. The molecule has 1 aromatic heterocycles. The van der Waals surface area contributed by atoms with Crippen LogP contribution in [-0.2, 0) is 4.79 Å². The zero-order chi connectivity index (χ0) is 19.6. The fraction of sp³-hybridized carbons (Fsp3) is 0.286. The lowest BCUT2D eigenvalue weighted by atomic mass is 10.0. The molecule has 0 spiro atoms. The lowest BCUT2D eigenvalue weighted by Crippen LogP contribution is -2.08. The van der Waals surface area contributed by atoms with Gasteiger partial charge >= 0.3 is 5.91 Å². The Kier molecular flexibility index (Phi) is 5.26. The van der Waals surface area contributed by atoms with Crippen LogP contribution in [0.2, 0.25) is 0 Å². The van der Waals surface area contributed by atoms with Crippen LogP contribution in [-0.4, -0.2) is 22.6 Å². The van der Waals surface area contributed by atoms with Crippen LogP contribution in [0.5, 0.6) is 11.6 Å². The molecular formula is C21H23N3O3. The van der Waals surface area contributed by atoms with Gasteiger partial charge in [-0.15, -0.1) is 10.2 Å². The highest BCUT2D eigenvalue weighted by molar-refractivity contribution is 5.95. The minimum absolute atomic E-state index is 0.113. The molecule has 6 heteroatoms. The van der Waals surface area contributed by atoms with Gasteiger partial charge in [0.25, 0.3) is 0 Å². The van der Waals surface area contributed by atoms with Gasteiger partial charge < -0.3 is 14.8 Å². The van der Waals surface area contributed by atoms with Crippen molar-refractivity contribution in [1.82, 2.24) is 4.98 Å². The summed E-state index contributed by atoms with van der Waals surface area (Å²) < 4.78 is 5.54. The third-order valence-corrected chi connectivity index (χ3v) is 4.40. The van der Waals surface area contributed by atoms with Crippen molar-refractivity contribution in [3.63, 3.8) is 0 Å². The molecule has 140 valence electrons. The quantitative estimate of drug-likeness (QED) is 0.601. The number of aromatic amines is 1. The van der Waals surface area contributed by atoms with Crippen LogP contribution in [0, 0.1) is 13.8 Å². The molecule has 0 radical (unpaired) electrons. The molecule has 3 aromatic rings. The van der Waals surface area contributed by atoms with Crippen LogP contribution in [0.3, 0.4) is 0 Å². The molecule has 0 saturated carbocycles. The summed E-state index contributed by atoms with van der Waals surface area (Å²) in [5, 5.41) is 18.5. The van der Waals surface area contributed by atoms with Crippen molar-refractivity contribution in [1.29, 1.82) is 0 Å². The fourth-order valence-electron chi connectivity index (χ4n) is 2.78. The van der Waals surface area contributed by atoms with Crippen LogP contribution < -0.4 is 4.74 Å². The average Bonchev–Trinajstić information content (AvgIpc) is 2.94. The number of nitrogens with one attached hydrogen (secondary N) is 1. The van der Waals surface area contributed by atoms with Crippen LogP contribution in [0.4, 0.5) is 5.69 Å². The van der Waals surface area contributed by atoms with Crippen LogP contribution >= 0.6 is 0 Å². The van der Waals surface area contributed by atoms with Gasteiger partial charge in [0.15, 0.2) is 12.3 Å². The minimum Gasteiger partial charge on any atom is -0.493 e. The van der Waals surface area contributed by atoms with Crippen molar-refractivity contribution in [3.05, 3.63) is 53.1 Å². The molecular weight excluding hydrogens is 342 g/mol. The maximum atomic E-state index is 12.1. The van der Waals surface area contributed by atoms with E-state index in [1.807, 2.05) is 50.2 Å². The molecule has 0 saturated heterocycles. The number of azo groups is 1. The summed E-state index contributed by atoms with van der Waals surface area (Å²) in [5.41, 5.74) is 4.11. The van der Waals surface area contributed by atoms with Gasteiger partial charge in [-0.3, -0.25) is 4.79 Å². The molecule has 0 fully saturated rings. The van der Waals surface area contributed by atoms with Crippen LogP contribution in [0.25, 0.3) is 10.9 Å². The Hall–Kier alpha value is -3.15. The third-order valence-electron chi connectivity index (χ3n) is 4.40. The Morgan fingerprint density at radius 3 is 2.70 bits per heavy atom. The number of aromatic hydroxyl groups is 1. The number of hydrogen-bond acceptors (Lipinski definition) is 4. The number of H-pyrrole nitrogens is 1. The van der Waals surface area contributed by atoms with Crippen molar-refractivity contribution < 1.29 is 14.6 Å². The van der Waals surface area contributed by atoms with E-state index in [2.05, 4.69) is 29.1 Å². The van der Waals surface area contributed by atoms with Gasteiger partial charge in [0.2, 0.25) is 5.88 Å². The normalized spacial score (nSPS) is 11.6. The van der Waals surface area contributed by atoms with Crippen molar-refractivity contribution in [2.75, 3.05) is 6.61 Å². The van der Waals surface area contributed by atoms with E-state index < -0.39 is 5.91 Å². The van der Waals surface area contributed by atoms with Crippen molar-refractivity contribution in [2.24, 2.45) is 10.2 Å². The molecule has 1 amide bonds. The van der Waals surface area contributed by atoms with E-state index in [1.54, 1.807) is 0 Å². The largest absolute Gasteiger partial charge is 0.493 e. The summed E-state index contributed by atoms with van der Waals surface area (Å²) in [6, 6.07) is 11.6. The second-order valence-electron chi connectivity index (χ2n) is 6.93. The molecule has 27 heavy (non-hydrogen) atoms. The van der Waals surface area contributed by atoms with Gasteiger partial charge in [-0.1, -0.05) is 32.0 Å². The third kappa shape index (κ3) is 4.16. The number of benzene rings is 2. The SMILES string of the molecule is Cc1ccc(C)c(OCC(=O)N=Nc2c(O)[nH]c3ccc(C(C)C)cc23)c1. The number of ether oxygens (including phenoxy) is 1. The zero-order valence-electron chi connectivity index (χ0n) is 15.9. The number of carbonyl (C=O) groups is 1. The van der Waals surface area contributed by atoms with E-state index in [0.717, 1.165) is 27.6 Å². The van der Waals surface area contributed by atoms with Gasteiger partial charge in [0.1, 0.15) is 5.75 Å². The highest BCUT2D eigenvalue weighted by atomic mass is 16.5. The Labute approximate surface area is 157 Å². The average molecular weight is 365 g/mol. The number of amides is 1. The van der Waals surface area contributed by atoms with Crippen LogP contribution in [0.15, 0.2) is 46.6 Å². The number of aromatic nitrogens is 1. The summed E-state index contributed by atoms with van der Waals surface area (Å²) in [5.74, 6) is 0.349. The first-order chi connectivity index (χ1) is 12.8. The van der Waals surface area contributed by atoms with Gasteiger partial charge in [0.05, 0.1) is 5.52 Å². The van der Waals surface area contributed by atoms with Gasteiger partial charge in [-0.25, -0.2) is 0 Å². The predicted octanol–water partition coefficient (Wildman–Crippen LogP) is 5.30. The van der Waals surface area contributed by atoms with Gasteiger partial charge in [-0.2, -0.15) is 0 Å². The second-order valence-corrected chi connectivity index (χ2v) is 6.93. The molecule has 2 aromatic carbocycles. The van der Waals surface area contributed by atoms with E-state index in [0.29, 0.717) is 11.7 Å². The maximum Gasteiger partial charge on any atom is 0.302 e. The minimum atomic E-state index is -0.523. The molecule has 0 aliphatic heterocycles. The molecule has 0 aliphatic carbocycles. The summed E-state index contributed by atoms with van der Waals surface area (Å²) in [6.07, 6.45) is 0. The first-order valence-corrected chi connectivity index (χ1v) is 8.84. The lowest BCUT2D eigenvalue weighted by Gasteiger charge is -2.07. The maximum absolute atomic E-state index is 12.1. The Morgan fingerprint density at radius 1 is 1.19 bits per heavy atom. The zero-order valence-corrected chi connectivity index (χ0v) is 15.9. The van der Waals surface area contributed by atoms with Gasteiger partial charge in [-0.05, 0) is 54.7 Å².